The number of methoxy groups -OCH3 is 1. The number of hydrogen-bond acceptors (Lipinski definition) is 5. The first-order valence-corrected chi connectivity index (χ1v) is 7.38. The standard InChI is InChI=1S/C16H22N2O5/c1-4-9-17-15(20)11(2)23-14(19)10-18-16(21)12-7-5-6-8-13(12)22-3/h5-8,11H,4,9-10H2,1-3H3,(H,17,20)(H,18,21)/t11-/m1/s1. The molecule has 0 aromatic heterocycles. The maximum Gasteiger partial charge on any atom is 0.326 e. The third-order valence-electron chi connectivity index (χ3n) is 2.97. The van der Waals surface area contributed by atoms with Crippen molar-refractivity contribution in [2.45, 2.75) is 26.4 Å². The normalized spacial score (nSPS) is 11.3. The SMILES string of the molecule is CCCNC(=O)[C@@H](C)OC(=O)CNC(=O)c1ccccc1OC. The van der Waals surface area contributed by atoms with E-state index in [0.29, 0.717) is 17.9 Å². The molecule has 1 aromatic carbocycles. The van der Waals surface area contributed by atoms with Gasteiger partial charge in [-0.15, -0.1) is 0 Å². The smallest absolute Gasteiger partial charge is 0.326 e. The van der Waals surface area contributed by atoms with E-state index in [1.54, 1.807) is 24.3 Å². The van der Waals surface area contributed by atoms with E-state index in [1.807, 2.05) is 6.92 Å². The quantitative estimate of drug-likeness (QED) is 0.693. The molecule has 2 amide bonds. The molecule has 0 saturated carbocycles. The highest BCUT2D eigenvalue weighted by Crippen LogP contribution is 2.16. The van der Waals surface area contributed by atoms with Crippen molar-refractivity contribution in [2.75, 3.05) is 20.2 Å². The van der Waals surface area contributed by atoms with Gasteiger partial charge in [0.15, 0.2) is 6.10 Å². The highest BCUT2D eigenvalue weighted by Gasteiger charge is 2.18. The molecule has 0 bridgehead atoms. The molecule has 1 atom stereocenters. The topological polar surface area (TPSA) is 93.7 Å². The molecule has 0 spiro atoms. The number of carbonyl (C=O) groups excluding carboxylic acids is 3. The average Bonchev–Trinajstić information content (AvgIpc) is 2.57. The summed E-state index contributed by atoms with van der Waals surface area (Å²) in [6.07, 6.45) is -0.112. The van der Waals surface area contributed by atoms with E-state index in [0.717, 1.165) is 6.42 Å². The molecule has 0 fully saturated rings. The highest BCUT2D eigenvalue weighted by atomic mass is 16.5. The lowest BCUT2D eigenvalue weighted by molar-refractivity contribution is -0.153. The van der Waals surface area contributed by atoms with Crippen molar-refractivity contribution in [3.8, 4) is 5.75 Å². The minimum absolute atomic E-state index is 0.316. The van der Waals surface area contributed by atoms with Gasteiger partial charge >= 0.3 is 5.97 Å². The van der Waals surface area contributed by atoms with Crippen LogP contribution >= 0.6 is 0 Å². The number of hydrogen-bond donors (Lipinski definition) is 2. The predicted molar refractivity (Wildman–Crippen MR) is 84.2 cm³/mol. The van der Waals surface area contributed by atoms with Gasteiger partial charge in [0.2, 0.25) is 0 Å². The van der Waals surface area contributed by atoms with Crippen LogP contribution in [0.2, 0.25) is 0 Å². The Bertz CT molecular complexity index is 559. The maximum absolute atomic E-state index is 12.0. The van der Waals surface area contributed by atoms with E-state index in [9.17, 15) is 14.4 Å². The Balaban J connectivity index is 2.46. The van der Waals surface area contributed by atoms with Gasteiger partial charge < -0.3 is 20.1 Å². The van der Waals surface area contributed by atoms with E-state index in [-0.39, 0.29) is 12.5 Å². The van der Waals surface area contributed by atoms with Gasteiger partial charge in [-0.25, -0.2) is 0 Å². The number of para-hydroxylation sites is 1. The molecule has 2 N–H and O–H groups in total. The van der Waals surface area contributed by atoms with E-state index in [4.69, 9.17) is 9.47 Å². The Morgan fingerprint density at radius 3 is 2.52 bits per heavy atom. The van der Waals surface area contributed by atoms with Crippen molar-refractivity contribution in [3.05, 3.63) is 29.8 Å². The van der Waals surface area contributed by atoms with Crippen LogP contribution in [0.25, 0.3) is 0 Å². The molecule has 126 valence electrons. The third-order valence-corrected chi connectivity index (χ3v) is 2.97. The molecule has 23 heavy (non-hydrogen) atoms. The van der Waals surface area contributed by atoms with Gasteiger partial charge in [0.05, 0.1) is 12.7 Å². The van der Waals surface area contributed by atoms with Gasteiger partial charge in [-0.2, -0.15) is 0 Å². The second-order valence-electron chi connectivity index (χ2n) is 4.81. The van der Waals surface area contributed by atoms with Crippen LogP contribution in [0.3, 0.4) is 0 Å². The number of carbonyl (C=O) groups is 3. The second-order valence-corrected chi connectivity index (χ2v) is 4.81. The summed E-state index contributed by atoms with van der Waals surface area (Å²) < 4.78 is 10.0. The molecule has 7 nitrogen and oxygen atoms in total. The molecular weight excluding hydrogens is 300 g/mol. The summed E-state index contributed by atoms with van der Waals surface area (Å²) in [4.78, 5) is 35.3. The summed E-state index contributed by atoms with van der Waals surface area (Å²) in [6.45, 7) is 3.59. The summed E-state index contributed by atoms with van der Waals surface area (Å²) in [5.74, 6) is -1.10. The molecule has 0 saturated heterocycles. The number of ether oxygens (including phenoxy) is 2. The van der Waals surface area contributed by atoms with E-state index in [1.165, 1.54) is 14.0 Å². The first-order valence-electron chi connectivity index (χ1n) is 7.38. The second kappa shape index (κ2) is 9.45. The van der Waals surface area contributed by atoms with Crippen LogP contribution < -0.4 is 15.4 Å². The van der Waals surface area contributed by atoms with Gasteiger partial charge in [-0.3, -0.25) is 14.4 Å². The zero-order chi connectivity index (χ0) is 17.2. The number of esters is 1. The highest BCUT2D eigenvalue weighted by molar-refractivity contribution is 5.98. The first kappa shape index (κ1) is 18.5. The van der Waals surface area contributed by atoms with Gasteiger partial charge in [-0.1, -0.05) is 19.1 Å². The number of amides is 2. The molecule has 0 aliphatic heterocycles. The van der Waals surface area contributed by atoms with Crippen molar-refractivity contribution in [1.82, 2.24) is 10.6 Å². The molecule has 0 radical (unpaired) electrons. The summed E-state index contributed by atoms with van der Waals surface area (Å²) in [6, 6.07) is 6.66. The summed E-state index contributed by atoms with van der Waals surface area (Å²) in [5, 5.41) is 5.06. The fraction of sp³-hybridized carbons (Fsp3) is 0.438. The lowest BCUT2D eigenvalue weighted by Crippen LogP contribution is -2.39. The predicted octanol–water partition coefficient (Wildman–Crippen LogP) is 0.883. The summed E-state index contributed by atoms with van der Waals surface area (Å²) >= 11 is 0. The Labute approximate surface area is 135 Å². The minimum Gasteiger partial charge on any atom is -0.496 e. The van der Waals surface area contributed by atoms with Gasteiger partial charge in [0.1, 0.15) is 12.3 Å². The summed E-state index contributed by atoms with van der Waals surface area (Å²) in [7, 11) is 1.46. The van der Waals surface area contributed by atoms with E-state index < -0.39 is 18.0 Å². The molecule has 0 aliphatic rings. The van der Waals surface area contributed by atoms with Crippen LogP contribution in [0.4, 0.5) is 0 Å². The van der Waals surface area contributed by atoms with Gasteiger partial charge in [0.25, 0.3) is 11.8 Å². The van der Waals surface area contributed by atoms with Crippen LogP contribution in [0, 0.1) is 0 Å². The molecule has 7 heteroatoms. The molecular formula is C16H22N2O5. The molecule has 1 rings (SSSR count). The number of benzene rings is 1. The first-order chi connectivity index (χ1) is 11.0. The third kappa shape index (κ3) is 5.98. The van der Waals surface area contributed by atoms with Crippen LogP contribution in [0.15, 0.2) is 24.3 Å². The summed E-state index contributed by atoms with van der Waals surface area (Å²) in [5.41, 5.74) is 0.316. The van der Waals surface area contributed by atoms with Crippen molar-refractivity contribution < 1.29 is 23.9 Å². The van der Waals surface area contributed by atoms with Crippen molar-refractivity contribution in [1.29, 1.82) is 0 Å². The largest absolute Gasteiger partial charge is 0.496 e. The average molecular weight is 322 g/mol. The van der Waals surface area contributed by atoms with E-state index in [2.05, 4.69) is 10.6 Å². The monoisotopic (exact) mass is 322 g/mol. The lowest BCUT2D eigenvalue weighted by Gasteiger charge is -2.13. The van der Waals surface area contributed by atoms with E-state index >= 15 is 0 Å². The Kier molecular flexibility index (Phi) is 7.59. The zero-order valence-electron chi connectivity index (χ0n) is 13.5. The molecule has 0 heterocycles. The maximum atomic E-state index is 12.0. The fourth-order valence-corrected chi connectivity index (χ4v) is 1.76. The fourth-order valence-electron chi connectivity index (χ4n) is 1.76. The molecule has 1 aromatic rings. The Hall–Kier alpha value is -2.57. The zero-order valence-corrected chi connectivity index (χ0v) is 13.5. The molecule has 0 aliphatic carbocycles. The Morgan fingerprint density at radius 2 is 1.87 bits per heavy atom. The van der Waals surface area contributed by atoms with Crippen LogP contribution in [-0.4, -0.2) is 44.1 Å². The Morgan fingerprint density at radius 1 is 1.17 bits per heavy atom. The van der Waals surface area contributed by atoms with Crippen LogP contribution in [-0.2, 0) is 14.3 Å². The van der Waals surface area contributed by atoms with Crippen molar-refractivity contribution in [3.63, 3.8) is 0 Å². The van der Waals surface area contributed by atoms with Gasteiger partial charge in [0, 0.05) is 6.54 Å². The van der Waals surface area contributed by atoms with Crippen LogP contribution in [0.5, 0.6) is 5.75 Å². The van der Waals surface area contributed by atoms with Gasteiger partial charge in [-0.05, 0) is 25.5 Å². The minimum atomic E-state index is -0.905. The van der Waals surface area contributed by atoms with Crippen molar-refractivity contribution in [2.24, 2.45) is 0 Å². The number of rotatable bonds is 8. The lowest BCUT2D eigenvalue weighted by atomic mass is 10.2. The van der Waals surface area contributed by atoms with Crippen LogP contribution in [0.1, 0.15) is 30.6 Å². The number of nitrogens with one attached hydrogen (secondary N) is 2. The van der Waals surface area contributed by atoms with Crippen molar-refractivity contribution >= 4 is 17.8 Å². The molecule has 0 unspecified atom stereocenters.